The summed E-state index contributed by atoms with van der Waals surface area (Å²) in [7, 11) is 1.57. The number of aliphatic carboxylic acids is 1. The summed E-state index contributed by atoms with van der Waals surface area (Å²) in [5.41, 5.74) is 1.30. The number of carbonyl (C=O) groups excluding carboxylic acids is 2. The van der Waals surface area contributed by atoms with Crippen molar-refractivity contribution in [2.45, 2.75) is 25.7 Å². The van der Waals surface area contributed by atoms with Crippen LogP contribution in [0.2, 0.25) is 0 Å². The van der Waals surface area contributed by atoms with Gasteiger partial charge in [0.1, 0.15) is 11.4 Å². The van der Waals surface area contributed by atoms with Crippen molar-refractivity contribution in [3.8, 4) is 5.75 Å². The van der Waals surface area contributed by atoms with Crippen LogP contribution in [0.1, 0.15) is 41.6 Å². The Morgan fingerprint density at radius 2 is 1.67 bits per heavy atom. The number of amides is 2. The van der Waals surface area contributed by atoms with Gasteiger partial charge in [0.05, 0.1) is 7.11 Å². The lowest BCUT2D eigenvalue weighted by molar-refractivity contribution is -0.137. The van der Waals surface area contributed by atoms with Crippen LogP contribution >= 0.6 is 0 Å². The maximum atomic E-state index is 12.7. The van der Waals surface area contributed by atoms with E-state index in [1.165, 1.54) is 0 Å². The molecule has 0 heterocycles. The number of methoxy groups -OCH3 is 1. The molecule has 0 atom stereocenters. The Morgan fingerprint density at radius 3 is 2.30 bits per heavy atom. The van der Waals surface area contributed by atoms with E-state index in [0.717, 1.165) is 5.56 Å². The van der Waals surface area contributed by atoms with Crippen LogP contribution in [-0.4, -0.2) is 36.5 Å². The zero-order valence-electron chi connectivity index (χ0n) is 16.9. The van der Waals surface area contributed by atoms with Crippen LogP contribution in [0.3, 0.4) is 0 Å². The van der Waals surface area contributed by atoms with E-state index in [1.807, 2.05) is 6.07 Å². The molecule has 158 valence electrons. The minimum Gasteiger partial charge on any atom is -0.497 e. The maximum Gasteiger partial charge on any atom is 0.303 e. The van der Waals surface area contributed by atoms with Gasteiger partial charge < -0.3 is 20.5 Å². The van der Waals surface area contributed by atoms with E-state index in [9.17, 15) is 14.4 Å². The molecule has 0 aromatic heterocycles. The van der Waals surface area contributed by atoms with Crippen molar-refractivity contribution in [1.29, 1.82) is 0 Å². The first kappa shape index (κ1) is 22.7. The van der Waals surface area contributed by atoms with Gasteiger partial charge in [-0.1, -0.05) is 36.8 Å². The smallest absolute Gasteiger partial charge is 0.303 e. The highest BCUT2D eigenvalue weighted by Gasteiger charge is 2.14. The van der Waals surface area contributed by atoms with E-state index >= 15 is 0 Å². The number of unbranched alkanes of at least 4 members (excludes halogenated alkanes) is 2. The van der Waals surface area contributed by atoms with Crippen molar-refractivity contribution in [3.05, 3.63) is 71.4 Å². The lowest BCUT2D eigenvalue weighted by Crippen LogP contribution is -2.35. The molecule has 0 unspecified atom stereocenters. The molecular weight excluding hydrogens is 384 g/mol. The Labute approximate surface area is 175 Å². The number of nitrogens with one attached hydrogen (secondary N) is 2. The fourth-order valence-corrected chi connectivity index (χ4v) is 2.68. The van der Waals surface area contributed by atoms with Crippen molar-refractivity contribution in [2.24, 2.45) is 0 Å². The second kappa shape index (κ2) is 12.1. The number of hydrogen-bond acceptors (Lipinski definition) is 4. The number of carboxylic acids is 1. The predicted molar refractivity (Wildman–Crippen MR) is 114 cm³/mol. The molecule has 0 saturated heterocycles. The normalized spacial score (nSPS) is 10.9. The molecule has 2 aromatic carbocycles. The highest BCUT2D eigenvalue weighted by atomic mass is 16.5. The first-order valence-electron chi connectivity index (χ1n) is 9.71. The fourth-order valence-electron chi connectivity index (χ4n) is 2.68. The van der Waals surface area contributed by atoms with Crippen LogP contribution < -0.4 is 15.4 Å². The molecule has 2 amide bonds. The molecule has 0 radical (unpaired) electrons. The lowest BCUT2D eigenvalue weighted by Gasteiger charge is -2.11. The number of hydrogen-bond donors (Lipinski definition) is 3. The zero-order chi connectivity index (χ0) is 21.8. The first-order valence-corrected chi connectivity index (χ1v) is 9.71. The molecule has 0 fully saturated rings. The molecule has 2 aromatic rings. The standard InChI is InChI=1S/C23H26N2O5/c1-30-19-13-11-17(12-14-19)16-20(25-22(28)18-8-4-2-5-9-18)23(29)24-15-7-3-6-10-21(26)27/h2,4-5,8-9,11-14,16H,3,6-7,10,15H2,1H3,(H,24,29)(H,25,28)(H,26,27)/b20-16+. The van der Waals surface area contributed by atoms with E-state index in [1.54, 1.807) is 61.7 Å². The van der Waals surface area contributed by atoms with Crippen LogP contribution in [0, 0.1) is 0 Å². The van der Waals surface area contributed by atoms with Gasteiger partial charge in [0.25, 0.3) is 11.8 Å². The van der Waals surface area contributed by atoms with Gasteiger partial charge in [-0.3, -0.25) is 14.4 Å². The van der Waals surface area contributed by atoms with Crippen LogP contribution in [0.25, 0.3) is 6.08 Å². The molecule has 0 aliphatic carbocycles. The van der Waals surface area contributed by atoms with Crippen LogP contribution in [0.4, 0.5) is 0 Å². The third-order valence-corrected chi connectivity index (χ3v) is 4.31. The van der Waals surface area contributed by atoms with Crippen LogP contribution in [-0.2, 0) is 9.59 Å². The third kappa shape index (κ3) is 7.79. The van der Waals surface area contributed by atoms with Crippen molar-refractivity contribution >= 4 is 23.9 Å². The molecule has 7 nitrogen and oxygen atoms in total. The second-order valence-corrected chi connectivity index (χ2v) is 6.61. The monoisotopic (exact) mass is 410 g/mol. The van der Waals surface area contributed by atoms with Crippen molar-refractivity contribution < 1.29 is 24.2 Å². The SMILES string of the molecule is COc1ccc(/C=C(/NC(=O)c2ccccc2)C(=O)NCCCCCC(=O)O)cc1. The van der Waals surface area contributed by atoms with Gasteiger partial charge in [0.2, 0.25) is 0 Å². The van der Waals surface area contributed by atoms with Crippen molar-refractivity contribution in [3.63, 3.8) is 0 Å². The van der Waals surface area contributed by atoms with E-state index in [4.69, 9.17) is 9.84 Å². The second-order valence-electron chi connectivity index (χ2n) is 6.61. The van der Waals surface area contributed by atoms with Gasteiger partial charge in [0.15, 0.2) is 0 Å². The van der Waals surface area contributed by atoms with Gasteiger partial charge in [0, 0.05) is 18.5 Å². The summed E-state index contributed by atoms with van der Waals surface area (Å²) in [5.74, 6) is -0.930. The summed E-state index contributed by atoms with van der Waals surface area (Å²) in [6.07, 6.45) is 3.62. The first-order chi connectivity index (χ1) is 14.5. The Hall–Kier alpha value is -3.61. The summed E-state index contributed by atoms with van der Waals surface area (Å²) in [6.45, 7) is 0.389. The van der Waals surface area contributed by atoms with E-state index in [2.05, 4.69) is 10.6 Å². The summed E-state index contributed by atoms with van der Waals surface area (Å²) >= 11 is 0. The summed E-state index contributed by atoms with van der Waals surface area (Å²) in [6, 6.07) is 15.7. The largest absolute Gasteiger partial charge is 0.497 e. The molecule has 0 bridgehead atoms. The number of ether oxygens (including phenoxy) is 1. The van der Waals surface area contributed by atoms with Gasteiger partial charge in [-0.15, -0.1) is 0 Å². The molecule has 0 aliphatic heterocycles. The topological polar surface area (TPSA) is 105 Å². The lowest BCUT2D eigenvalue weighted by atomic mass is 10.1. The van der Waals surface area contributed by atoms with Gasteiger partial charge in [-0.25, -0.2) is 0 Å². The van der Waals surface area contributed by atoms with Crippen molar-refractivity contribution in [2.75, 3.05) is 13.7 Å². The Bertz CT molecular complexity index is 876. The minimum absolute atomic E-state index is 0.115. The number of carbonyl (C=O) groups is 3. The molecule has 0 aliphatic rings. The minimum atomic E-state index is -0.827. The van der Waals surface area contributed by atoms with Crippen molar-refractivity contribution in [1.82, 2.24) is 10.6 Å². The molecule has 0 spiro atoms. The Morgan fingerprint density at radius 1 is 0.967 bits per heavy atom. The molecule has 30 heavy (non-hydrogen) atoms. The molecular formula is C23H26N2O5. The highest BCUT2D eigenvalue weighted by Crippen LogP contribution is 2.14. The average Bonchev–Trinajstić information content (AvgIpc) is 2.76. The van der Waals surface area contributed by atoms with Crippen LogP contribution in [0.5, 0.6) is 5.75 Å². The predicted octanol–water partition coefficient (Wildman–Crippen LogP) is 3.23. The average molecular weight is 410 g/mol. The zero-order valence-corrected chi connectivity index (χ0v) is 16.9. The highest BCUT2D eigenvalue weighted by molar-refractivity contribution is 6.05. The van der Waals surface area contributed by atoms with E-state index in [0.29, 0.717) is 37.1 Å². The molecule has 0 saturated carbocycles. The Kier molecular flexibility index (Phi) is 9.12. The molecule has 2 rings (SSSR count). The maximum absolute atomic E-state index is 12.7. The summed E-state index contributed by atoms with van der Waals surface area (Å²) < 4.78 is 5.14. The summed E-state index contributed by atoms with van der Waals surface area (Å²) in [5, 5.41) is 14.1. The van der Waals surface area contributed by atoms with Gasteiger partial charge in [-0.2, -0.15) is 0 Å². The van der Waals surface area contributed by atoms with Crippen LogP contribution in [0.15, 0.2) is 60.3 Å². The fraction of sp³-hybridized carbons (Fsp3) is 0.261. The van der Waals surface area contributed by atoms with Gasteiger partial charge in [-0.05, 0) is 48.7 Å². The molecule has 3 N–H and O–H groups in total. The van der Waals surface area contributed by atoms with E-state index < -0.39 is 11.9 Å². The summed E-state index contributed by atoms with van der Waals surface area (Å²) in [4.78, 5) is 35.7. The van der Waals surface area contributed by atoms with Gasteiger partial charge >= 0.3 is 5.97 Å². The number of benzene rings is 2. The van der Waals surface area contributed by atoms with E-state index in [-0.39, 0.29) is 18.0 Å². The quantitative estimate of drug-likeness (QED) is 0.390. The third-order valence-electron chi connectivity index (χ3n) is 4.31. The number of rotatable bonds is 11. The Balaban J connectivity index is 2.05. The number of carboxylic acid groups (broad SMARTS) is 1. The molecule has 7 heteroatoms.